The zero-order chi connectivity index (χ0) is 11.5. The van der Waals surface area contributed by atoms with E-state index in [0.717, 1.165) is 11.1 Å². The molecular formula is C12H16Cl2O. The van der Waals surface area contributed by atoms with Crippen LogP contribution in [0.4, 0.5) is 0 Å². The molecule has 15 heavy (non-hydrogen) atoms. The molecule has 0 saturated carbocycles. The van der Waals surface area contributed by atoms with Gasteiger partial charge in [0.2, 0.25) is 0 Å². The zero-order valence-corrected chi connectivity index (χ0v) is 10.6. The molecule has 0 N–H and O–H groups in total. The summed E-state index contributed by atoms with van der Waals surface area (Å²) in [6.45, 7) is 4.84. The highest BCUT2D eigenvalue weighted by atomic mass is 35.5. The van der Waals surface area contributed by atoms with Gasteiger partial charge in [0.1, 0.15) is 0 Å². The Morgan fingerprint density at radius 2 is 1.33 bits per heavy atom. The lowest BCUT2D eigenvalue weighted by Gasteiger charge is -2.04. The van der Waals surface area contributed by atoms with E-state index in [4.69, 9.17) is 27.9 Å². The van der Waals surface area contributed by atoms with Crippen LogP contribution >= 0.6 is 23.2 Å². The molecule has 0 radical (unpaired) electrons. The van der Waals surface area contributed by atoms with Gasteiger partial charge in [-0.15, -0.1) is 0 Å². The maximum atomic E-state index is 5.61. The van der Waals surface area contributed by atoms with Crippen molar-refractivity contribution < 1.29 is 4.74 Å². The largest absolute Gasteiger partial charge is 0.372 e. The average Bonchev–Trinajstić information content (AvgIpc) is 2.26. The summed E-state index contributed by atoms with van der Waals surface area (Å²) < 4.78 is 5.44. The fraction of sp³-hybridized carbons (Fsp3) is 0.333. The van der Waals surface area contributed by atoms with Gasteiger partial charge >= 0.3 is 0 Å². The highest BCUT2D eigenvalue weighted by Crippen LogP contribution is 2.04. The topological polar surface area (TPSA) is 9.23 Å². The van der Waals surface area contributed by atoms with Crippen LogP contribution in [0.1, 0.15) is 13.8 Å². The molecule has 0 aliphatic rings. The van der Waals surface area contributed by atoms with Gasteiger partial charge in [-0.3, -0.25) is 0 Å². The molecule has 0 rings (SSSR count). The van der Waals surface area contributed by atoms with Crippen molar-refractivity contribution in [1.29, 1.82) is 0 Å². The zero-order valence-electron chi connectivity index (χ0n) is 9.04. The van der Waals surface area contributed by atoms with Crippen molar-refractivity contribution in [2.75, 3.05) is 13.2 Å². The van der Waals surface area contributed by atoms with Gasteiger partial charge in [0.05, 0.1) is 13.2 Å². The maximum Gasteiger partial charge on any atom is 0.0729 e. The van der Waals surface area contributed by atoms with Crippen LogP contribution in [0.2, 0.25) is 0 Å². The van der Waals surface area contributed by atoms with Gasteiger partial charge in [0, 0.05) is 11.1 Å². The third kappa shape index (κ3) is 7.43. The van der Waals surface area contributed by atoms with Crippen molar-refractivity contribution >= 4 is 23.2 Å². The Bertz CT molecular complexity index is 247. The van der Waals surface area contributed by atoms with Crippen molar-refractivity contribution in [3.8, 4) is 0 Å². The van der Waals surface area contributed by atoms with E-state index in [1.54, 1.807) is 0 Å². The minimum absolute atomic E-state index is 0.486. The summed E-state index contributed by atoms with van der Waals surface area (Å²) in [6, 6.07) is 0. The molecular weight excluding hydrogens is 231 g/mol. The highest BCUT2D eigenvalue weighted by molar-refractivity contribution is 6.26. The molecule has 3 heteroatoms. The molecule has 0 aliphatic carbocycles. The molecule has 0 aliphatic heterocycles. The first-order chi connectivity index (χ1) is 7.28. The molecule has 0 spiro atoms. The lowest BCUT2D eigenvalue weighted by molar-refractivity contribution is 0.184. The second-order valence-electron chi connectivity index (χ2n) is 2.86. The van der Waals surface area contributed by atoms with Crippen LogP contribution in [-0.2, 0) is 4.74 Å². The summed E-state index contributed by atoms with van der Waals surface area (Å²) in [7, 11) is 0. The van der Waals surface area contributed by atoms with E-state index in [2.05, 4.69) is 0 Å². The van der Waals surface area contributed by atoms with Crippen molar-refractivity contribution in [2.24, 2.45) is 0 Å². The summed E-state index contributed by atoms with van der Waals surface area (Å²) in [5, 5.41) is 0. The van der Waals surface area contributed by atoms with Gasteiger partial charge in [-0.2, -0.15) is 0 Å². The third-order valence-electron chi connectivity index (χ3n) is 1.58. The maximum absolute atomic E-state index is 5.61. The average molecular weight is 247 g/mol. The highest BCUT2D eigenvalue weighted by Gasteiger charge is 1.95. The second kappa shape index (κ2) is 10.0. The van der Waals surface area contributed by atoms with Gasteiger partial charge < -0.3 is 4.74 Å². The van der Waals surface area contributed by atoms with Crippen molar-refractivity contribution in [3.05, 3.63) is 46.5 Å². The molecule has 0 fully saturated rings. The Kier molecular flexibility index (Phi) is 9.70. The van der Waals surface area contributed by atoms with Gasteiger partial charge in [0.15, 0.2) is 0 Å². The number of ether oxygens (including phenoxy) is 1. The fourth-order valence-electron chi connectivity index (χ4n) is 0.947. The lowest BCUT2D eigenvalue weighted by atomic mass is 10.3. The van der Waals surface area contributed by atoms with E-state index in [1.165, 1.54) is 11.1 Å². The van der Waals surface area contributed by atoms with Crippen molar-refractivity contribution in [1.82, 2.24) is 0 Å². The number of hydrogen-bond donors (Lipinski definition) is 0. The monoisotopic (exact) mass is 246 g/mol. The minimum atomic E-state index is 0.486. The standard InChI is InChI=1S/C12H16Cl2O/c1-3-5-11(7-13)9-15-10-12(8-14)6-4-2/h3-8H,9-10H2,1-2H3. The Labute approximate surface area is 102 Å². The first-order valence-electron chi connectivity index (χ1n) is 4.70. The van der Waals surface area contributed by atoms with Crippen LogP contribution in [0, 0.1) is 0 Å². The summed E-state index contributed by atoms with van der Waals surface area (Å²) in [5.74, 6) is 0. The Morgan fingerprint density at radius 1 is 0.933 bits per heavy atom. The van der Waals surface area contributed by atoms with Gasteiger partial charge in [-0.1, -0.05) is 47.5 Å². The first-order valence-corrected chi connectivity index (χ1v) is 5.57. The quantitative estimate of drug-likeness (QED) is 0.632. The third-order valence-corrected chi connectivity index (χ3v) is 2.14. The summed E-state index contributed by atoms with van der Waals surface area (Å²) in [4.78, 5) is 0. The van der Waals surface area contributed by atoms with Gasteiger partial charge in [-0.25, -0.2) is 0 Å². The van der Waals surface area contributed by atoms with E-state index in [-0.39, 0.29) is 0 Å². The van der Waals surface area contributed by atoms with Crippen LogP contribution in [0.5, 0.6) is 0 Å². The lowest BCUT2D eigenvalue weighted by Crippen LogP contribution is -1.99. The van der Waals surface area contributed by atoms with Gasteiger partial charge in [0.25, 0.3) is 0 Å². The van der Waals surface area contributed by atoms with E-state index in [1.807, 2.05) is 38.2 Å². The van der Waals surface area contributed by atoms with Crippen molar-refractivity contribution in [3.63, 3.8) is 0 Å². The normalized spacial score (nSPS) is 14.4. The van der Waals surface area contributed by atoms with Crippen molar-refractivity contribution in [2.45, 2.75) is 13.8 Å². The van der Waals surface area contributed by atoms with Crippen LogP contribution in [0.3, 0.4) is 0 Å². The van der Waals surface area contributed by atoms with E-state index in [0.29, 0.717) is 13.2 Å². The smallest absolute Gasteiger partial charge is 0.0729 e. The Balaban J connectivity index is 3.97. The SMILES string of the molecule is CC=CC(=CCl)COCC(C=CC)=CCl. The summed E-state index contributed by atoms with van der Waals surface area (Å²) in [5.41, 5.74) is 4.90. The molecule has 0 aromatic carbocycles. The minimum Gasteiger partial charge on any atom is -0.372 e. The second-order valence-corrected chi connectivity index (χ2v) is 3.30. The fourth-order valence-corrected chi connectivity index (χ4v) is 1.22. The van der Waals surface area contributed by atoms with Gasteiger partial charge in [-0.05, 0) is 25.0 Å². The van der Waals surface area contributed by atoms with Crippen LogP contribution in [0.15, 0.2) is 46.5 Å². The van der Waals surface area contributed by atoms with E-state index >= 15 is 0 Å². The number of halogens is 2. The Hall–Kier alpha value is -0.500. The molecule has 1 nitrogen and oxygen atoms in total. The van der Waals surface area contributed by atoms with E-state index in [9.17, 15) is 0 Å². The molecule has 0 aromatic rings. The summed E-state index contributed by atoms with van der Waals surface area (Å²) >= 11 is 11.2. The van der Waals surface area contributed by atoms with Crippen LogP contribution < -0.4 is 0 Å². The molecule has 84 valence electrons. The molecule has 0 bridgehead atoms. The predicted molar refractivity (Wildman–Crippen MR) is 68.3 cm³/mol. The number of allylic oxidation sites excluding steroid dienone is 2. The molecule has 0 heterocycles. The molecule has 0 amide bonds. The number of rotatable bonds is 6. The summed E-state index contributed by atoms with van der Waals surface area (Å²) in [6.07, 6.45) is 7.66. The van der Waals surface area contributed by atoms with E-state index < -0.39 is 0 Å². The van der Waals surface area contributed by atoms with Crippen LogP contribution in [0.25, 0.3) is 0 Å². The molecule has 0 aromatic heterocycles. The number of hydrogen-bond acceptors (Lipinski definition) is 1. The predicted octanol–water partition coefficient (Wildman–Crippen LogP) is 4.40. The molecule has 0 unspecified atom stereocenters. The van der Waals surface area contributed by atoms with Crippen LogP contribution in [-0.4, -0.2) is 13.2 Å². The molecule has 0 atom stereocenters. The first kappa shape index (κ1) is 14.5. The molecule has 0 saturated heterocycles. The Morgan fingerprint density at radius 3 is 1.60 bits per heavy atom.